The smallest absolute Gasteiger partial charge is 0.343 e. The van der Waals surface area contributed by atoms with E-state index in [0.717, 1.165) is 0 Å². The molecule has 1 N–H and O–H groups in total. The molecule has 3 aromatic rings. The molecule has 160 valence electrons. The van der Waals surface area contributed by atoms with E-state index < -0.39 is 16.8 Å². The lowest BCUT2D eigenvalue weighted by molar-refractivity contribution is -0.384. The van der Waals surface area contributed by atoms with Crippen LogP contribution in [0.4, 0.5) is 5.69 Å². The number of hydrogen-bond acceptors (Lipinski definition) is 8. The summed E-state index contributed by atoms with van der Waals surface area (Å²) in [4.78, 5) is 34.6. The highest BCUT2D eigenvalue weighted by atomic mass is 16.7. The van der Waals surface area contributed by atoms with Crippen molar-refractivity contribution in [1.29, 1.82) is 0 Å². The minimum atomic E-state index is -0.566. The molecule has 0 radical (unpaired) electrons. The second-order valence-electron chi connectivity index (χ2n) is 6.53. The highest BCUT2D eigenvalue weighted by Gasteiger charge is 2.17. The molecular formula is C22H15N3O7. The van der Waals surface area contributed by atoms with Crippen molar-refractivity contribution >= 4 is 23.8 Å². The monoisotopic (exact) mass is 433 g/mol. The van der Waals surface area contributed by atoms with E-state index in [-0.39, 0.29) is 18.0 Å². The van der Waals surface area contributed by atoms with Gasteiger partial charge in [0.25, 0.3) is 11.6 Å². The molecular weight excluding hydrogens is 418 g/mol. The third-order valence-electron chi connectivity index (χ3n) is 4.40. The minimum Gasteiger partial charge on any atom is -0.454 e. The number of ether oxygens (including phenoxy) is 3. The Labute approximate surface area is 181 Å². The summed E-state index contributed by atoms with van der Waals surface area (Å²) in [5, 5.41) is 14.5. The molecule has 1 aliphatic heterocycles. The van der Waals surface area contributed by atoms with Gasteiger partial charge in [-0.1, -0.05) is 12.1 Å². The lowest BCUT2D eigenvalue weighted by Crippen LogP contribution is -2.17. The number of hydrazone groups is 1. The Balaban J connectivity index is 1.37. The van der Waals surface area contributed by atoms with E-state index in [2.05, 4.69) is 10.5 Å². The third kappa shape index (κ3) is 4.70. The van der Waals surface area contributed by atoms with Crippen molar-refractivity contribution in [3.8, 4) is 17.2 Å². The van der Waals surface area contributed by atoms with Crippen LogP contribution in [-0.4, -0.2) is 29.8 Å². The van der Waals surface area contributed by atoms with Crippen LogP contribution in [0.25, 0.3) is 0 Å². The number of nitro benzene ring substituents is 1. The molecule has 4 rings (SSSR count). The van der Waals surface area contributed by atoms with Gasteiger partial charge in [-0.15, -0.1) is 0 Å². The van der Waals surface area contributed by atoms with E-state index in [0.29, 0.717) is 28.4 Å². The Morgan fingerprint density at radius 3 is 2.53 bits per heavy atom. The van der Waals surface area contributed by atoms with Crippen molar-refractivity contribution < 1.29 is 28.7 Å². The molecule has 10 nitrogen and oxygen atoms in total. The molecule has 1 aliphatic rings. The first-order chi connectivity index (χ1) is 15.5. The van der Waals surface area contributed by atoms with E-state index in [1.54, 1.807) is 42.5 Å². The largest absolute Gasteiger partial charge is 0.454 e. The van der Waals surface area contributed by atoms with Crippen molar-refractivity contribution in [2.75, 3.05) is 6.79 Å². The standard InChI is InChI=1S/C22H15N3O7/c26-21(15-4-7-17(8-5-15)25(28)29)24-23-12-14-2-1-3-18(10-14)32-22(27)16-6-9-19-20(11-16)31-13-30-19/h1-12H,13H2,(H,24,26)/b23-12+. The van der Waals surface area contributed by atoms with E-state index in [4.69, 9.17) is 14.2 Å². The number of rotatable bonds is 6. The molecule has 0 spiro atoms. The number of fused-ring (bicyclic) bond motifs is 1. The van der Waals surface area contributed by atoms with Crippen LogP contribution in [0, 0.1) is 10.1 Å². The van der Waals surface area contributed by atoms with Gasteiger partial charge in [-0.2, -0.15) is 5.10 Å². The van der Waals surface area contributed by atoms with Crippen LogP contribution < -0.4 is 19.6 Å². The van der Waals surface area contributed by atoms with Crippen LogP contribution >= 0.6 is 0 Å². The number of nitrogens with zero attached hydrogens (tertiary/aromatic N) is 2. The van der Waals surface area contributed by atoms with E-state index in [9.17, 15) is 19.7 Å². The maximum Gasteiger partial charge on any atom is 0.343 e. The number of carbonyl (C=O) groups excluding carboxylic acids is 2. The van der Waals surface area contributed by atoms with Gasteiger partial charge in [-0.25, -0.2) is 10.2 Å². The van der Waals surface area contributed by atoms with Crippen LogP contribution in [0.1, 0.15) is 26.3 Å². The zero-order valence-corrected chi connectivity index (χ0v) is 16.4. The van der Waals surface area contributed by atoms with Crippen molar-refractivity contribution in [3.63, 3.8) is 0 Å². The molecule has 1 heterocycles. The molecule has 0 aliphatic carbocycles. The fourth-order valence-electron chi connectivity index (χ4n) is 2.81. The number of nitrogens with one attached hydrogen (secondary N) is 1. The zero-order valence-electron chi connectivity index (χ0n) is 16.4. The van der Waals surface area contributed by atoms with Crippen LogP contribution in [-0.2, 0) is 0 Å². The summed E-state index contributed by atoms with van der Waals surface area (Å²) >= 11 is 0. The highest BCUT2D eigenvalue weighted by Crippen LogP contribution is 2.32. The van der Waals surface area contributed by atoms with Gasteiger partial charge in [0.1, 0.15) is 5.75 Å². The van der Waals surface area contributed by atoms with Gasteiger partial charge in [0.05, 0.1) is 16.7 Å². The summed E-state index contributed by atoms with van der Waals surface area (Å²) in [5.41, 5.74) is 3.32. The van der Waals surface area contributed by atoms with Crippen molar-refractivity contribution in [2.24, 2.45) is 5.10 Å². The van der Waals surface area contributed by atoms with Gasteiger partial charge >= 0.3 is 5.97 Å². The predicted molar refractivity (Wildman–Crippen MR) is 112 cm³/mol. The lowest BCUT2D eigenvalue weighted by atomic mass is 10.2. The average molecular weight is 433 g/mol. The van der Waals surface area contributed by atoms with Gasteiger partial charge in [0.2, 0.25) is 6.79 Å². The zero-order chi connectivity index (χ0) is 22.5. The molecule has 0 saturated carbocycles. The summed E-state index contributed by atoms with van der Waals surface area (Å²) in [6.45, 7) is 0.107. The summed E-state index contributed by atoms with van der Waals surface area (Å²) in [7, 11) is 0. The number of amides is 1. The quantitative estimate of drug-likeness (QED) is 0.208. The molecule has 1 amide bonds. The first kappa shape index (κ1) is 20.5. The fourth-order valence-corrected chi connectivity index (χ4v) is 2.81. The molecule has 0 unspecified atom stereocenters. The Hall–Kier alpha value is -4.73. The minimum absolute atomic E-state index is 0.107. The van der Waals surface area contributed by atoms with Crippen LogP contribution in [0.5, 0.6) is 17.2 Å². The Bertz CT molecular complexity index is 1220. The molecule has 32 heavy (non-hydrogen) atoms. The fraction of sp³-hybridized carbons (Fsp3) is 0.0455. The Kier molecular flexibility index (Phi) is 5.75. The van der Waals surface area contributed by atoms with Crippen LogP contribution in [0.15, 0.2) is 71.8 Å². The summed E-state index contributed by atoms with van der Waals surface area (Å²) in [6, 6.07) is 16.4. The maximum atomic E-state index is 12.4. The summed E-state index contributed by atoms with van der Waals surface area (Å²) in [5.74, 6) is 0.239. The summed E-state index contributed by atoms with van der Waals surface area (Å²) < 4.78 is 15.9. The third-order valence-corrected chi connectivity index (χ3v) is 4.40. The van der Waals surface area contributed by atoms with Gasteiger partial charge in [-0.05, 0) is 48.0 Å². The molecule has 0 atom stereocenters. The van der Waals surface area contributed by atoms with Gasteiger partial charge < -0.3 is 14.2 Å². The Morgan fingerprint density at radius 1 is 1.00 bits per heavy atom. The van der Waals surface area contributed by atoms with Crippen molar-refractivity contribution in [2.45, 2.75) is 0 Å². The molecule has 3 aromatic carbocycles. The Morgan fingerprint density at radius 2 is 1.75 bits per heavy atom. The van der Waals surface area contributed by atoms with Gasteiger partial charge in [-0.3, -0.25) is 14.9 Å². The normalized spacial score (nSPS) is 11.9. The molecule has 0 aromatic heterocycles. The SMILES string of the molecule is O=C(N/N=C/c1cccc(OC(=O)c2ccc3c(c2)OCO3)c1)c1ccc([N+](=O)[O-])cc1. The van der Waals surface area contributed by atoms with Gasteiger partial charge in [0.15, 0.2) is 11.5 Å². The number of esters is 1. The van der Waals surface area contributed by atoms with E-state index in [1.807, 2.05) is 0 Å². The second kappa shape index (κ2) is 8.96. The first-order valence-corrected chi connectivity index (χ1v) is 9.29. The van der Waals surface area contributed by atoms with Crippen molar-refractivity contribution in [1.82, 2.24) is 5.43 Å². The molecule has 0 fully saturated rings. The van der Waals surface area contributed by atoms with E-state index in [1.165, 1.54) is 30.5 Å². The van der Waals surface area contributed by atoms with Crippen molar-refractivity contribution in [3.05, 3.63) is 93.5 Å². The number of nitro groups is 1. The number of hydrogen-bond donors (Lipinski definition) is 1. The molecule has 0 saturated heterocycles. The molecule has 10 heteroatoms. The first-order valence-electron chi connectivity index (χ1n) is 9.29. The van der Waals surface area contributed by atoms with E-state index >= 15 is 0 Å². The van der Waals surface area contributed by atoms with Crippen LogP contribution in [0.3, 0.4) is 0 Å². The average Bonchev–Trinajstić information content (AvgIpc) is 3.27. The maximum absolute atomic E-state index is 12.4. The second-order valence-corrected chi connectivity index (χ2v) is 6.53. The summed E-state index contributed by atoms with van der Waals surface area (Å²) in [6.07, 6.45) is 1.38. The predicted octanol–water partition coefficient (Wildman–Crippen LogP) is 3.31. The highest BCUT2D eigenvalue weighted by molar-refractivity contribution is 5.95. The number of carbonyl (C=O) groups is 2. The molecule has 0 bridgehead atoms. The van der Waals surface area contributed by atoms with Crippen LogP contribution in [0.2, 0.25) is 0 Å². The topological polar surface area (TPSA) is 129 Å². The lowest BCUT2D eigenvalue weighted by Gasteiger charge is -2.06. The van der Waals surface area contributed by atoms with Gasteiger partial charge in [0, 0.05) is 17.7 Å². The number of non-ortho nitro benzene ring substituents is 1. The number of benzene rings is 3.